The third kappa shape index (κ3) is 5.94. The first-order valence-electron chi connectivity index (χ1n) is 12.0. The molecular weight excluding hydrogens is 454 g/mol. The average Bonchev–Trinajstić information content (AvgIpc) is 2.88. The van der Waals surface area contributed by atoms with Gasteiger partial charge in [-0.25, -0.2) is 0 Å². The summed E-state index contributed by atoms with van der Waals surface area (Å²) in [6.07, 6.45) is 3.73. The second-order valence-corrected chi connectivity index (χ2v) is 8.99. The van der Waals surface area contributed by atoms with E-state index in [1.165, 1.54) is 0 Å². The van der Waals surface area contributed by atoms with E-state index in [1.807, 2.05) is 48.2 Å². The van der Waals surface area contributed by atoms with Gasteiger partial charge in [-0.3, -0.25) is 19.6 Å². The number of hydrogen-bond donors (Lipinski definition) is 1. The Morgan fingerprint density at radius 1 is 1.03 bits per heavy atom. The highest BCUT2D eigenvalue weighted by Crippen LogP contribution is 2.31. The Labute approximate surface area is 211 Å². The highest BCUT2D eigenvalue weighted by atomic mass is 16.5. The first-order valence-corrected chi connectivity index (χ1v) is 12.0. The molecule has 1 fully saturated rings. The number of methoxy groups -OCH3 is 1. The van der Waals surface area contributed by atoms with Gasteiger partial charge in [0, 0.05) is 57.0 Å². The fourth-order valence-electron chi connectivity index (χ4n) is 4.41. The number of ether oxygens (including phenoxy) is 1. The van der Waals surface area contributed by atoms with Crippen molar-refractivity contribution in [3.8, 4) is 16.9 Å². The van der Waals surface area contributed by atoms with Crippen molar-refractivity contribution in [2.45, 2.75) is 26.7 Å². The summed E-state index contributed by atoms with van der Waals surface area (Å²) in [5.41, 5.74) is 5.36. The maximum Gasteiger partial charge on any atom is 0.219 e. The van der Waals surface area contributed by atoms with E-state index in [-0.39, 0.29) is 30.2 Å². The number of carbonyl (C=O) groups excluding carboxylic acids is 2. The summed E-state index contributed by atoms with van der Waals surface area (Å²) in [5.74, 6) is 0.739. The van der Waals surface area contributed by atoms with Crippen molar-refractivity contribution in [1.82, 2.24) is 14.9 Å². The monoisotopic (exact) mass is 485 g/mol. The molecule has 1 aromatic carbocycles. The molecular formula is C28H31N5O3. The minimum Gasteiger partial charge on any atom is -0.496 e. The number of nitrogens with one attached hydrogen (secondary N) is 1. The van der Waals surface area contributed by atoms with Crippen LogP contribution in [0.5, 0.6) is 5.75 Å². The van der Waals surface area contributed by atoms with Gasteiger partial charge in [0.05, 0.1) is 36.8 Å². The highest BCUT2D eigenvalue weighted by molar-refractivity contribution is 6.08. The van der Waals surface area contributed by atoms with Gasteiger partial charge in [-0.15, -0.1) is 0 Å². The second kappa shape index (κ2) is 11.1. The molecule has 4 rings (SSSR count). The quantitative estimate of drug-likeness (QED) is 0.489. The average molecular weight is 486 g/mol. The molecule has 1 saturated heterocycles. The maximum atomic E-state index is 12.7. The number of aromatic nitrogens is 2. The van der Waals surface area contributed by atoms with Crippen molar-refractivity contribution in [2.24, 2.45) is 0 Å². The number of benzene rings is 1. The van der Waals surface area contributed by atoms with Crippen LogP contribution in [0.2, 0.25) is 0 Å². The van der Waals surface area contributed by atoms with E-state index in [0.717, 1.165) is 41.2 Å². The summed E-state index contributed by atoms with van der Waals surface area (Å²) in [4.78, 5) is 36.9. The van der Waals surface area contributed by atoms with Crippen LogP contribution in [0.1, 0.15) is 30.3 Å². The summed E-state index contributed by atoms with van der Waals surface area (Å²) in [7, 11) is 1.62. The number of aryl methyl sites for hydroxylation is 1. The standard InChI is InChI=1S/C28H31N5O3/c1-19-14-22(8-9-30-19)25-6-4-21(16-28(25)36-3)15-24(35)17-26(29)27-7-5-23(18-31-27)33-12-10-32(11-13-33)20(2)34/h4-9,14,16,18,29H,10-13,15,17H2,1-3H3. The Kier molecular flexibility index (Phi) is 7.73. The van der Waals surface area contributed by atoms with E-state index in [4.69, 9.17) is 10.1 Å². The van der Waals surface area contributed by atoms with Gasteiger partial charge < -0.3 is 19.9 Å². The lowest BCUT2D eigenvalue weighted by atomic mass is 9.99. The topological polar surface area (TPSA) is 99.5 Å². The van der Waals surface area contributed by atoms with Crippen molar-refractivity contribution in [2.75, 3.05) is 38.2 Å². The van der Waals surface area contributed by atoms with Gasteiger partial charge in [-0.1, -0.05) is 12.1 Å². The van der Waals surface area contributed by atoms with Gasteiger partial charge in [0.2, 0.25) is 5.91 Å². The van der Waals surface area contributed by atoms with Crippen LogP contribution in [0.4, 0.5) is 5.69 Å². The molecule has 3 heterocycles. The molecule has 2 aromatic heterocycles. The molecule has 36 heavy (non-hydrogen) atoms. The highest BCUT2D eigenvalue weighted by Gasteiger charge is 2.19. The number of rotatable bonds is 8. The minimum absolute atomic E-state index is 0.0112. The maximum absolute atomic E-state index is 12.7. The minimum atomic E-state index is -0.0548. The zero-order valence-electron chi connectivity index (χ0n) is 21.0. The third-order valence-electron chi connectivity index (χ3n) is 6.40. The number of anilines is 1. The lowest BCUT2D eigenvalue weighted by molar-refractivity contribution is -0.129. The number of ketones is 1. The van der Waals surface area contributed by atoms with Crippen LogP contribution in [0.15, 0.2) is 54.9 Å². The zero-order chi connectivity index (χ0) is 25.7. The molecule has 0 radical (unpaired) electrons. The molecule has 1 N–H and O–H groups in total. The molecule has 1 amide bonds. The van der Waals surface area contributed by atoms with Gasteiger partial charge in [0.25, 0.3) is 0 Å². The SMILES string of the molecule is COc1cc(CC(=O)CC(=N)c2ccc(N3CCN(C(C)=O)CC3)cn2)ccc1-c1ccnc(C)c1. The summed E-state index contributed by atoms with van der Waals surface area (Å²) in [5, 5.41) is 8.39. The molecule has 0 bridgehead atoms. The van der Waals surface area contributed by atoms with Crippen molar-refractivity contribution in [1.29, 1.82) is 5.41 Å². The number of pyridine rings is 2. The lowest BCUT2D eigenvalue weighted by Crippen LogP contribution is -2.48. The van der Waals surface area contributed by atoms with Gasteiger partial charge in [-0.2, -0.15) is 0 Å². The number of piperazine rings is 1. The molecule has 0 unspecified atom stereocenters. The zero-order valence-corrected chi connectivity index (χ0v) is 21.0. The van der Waals surface area contributed by atoms with Crippen molar-refractivity contribution in [3.63, 3.8) is 0 Å². The summed E-state index contributed by atoms with van der Waals surface area (Å²) < 4.78 is 5.58. The van der Waals surface area contributed by atoms with Crippen molar-refractivity contribution in [3.05, 3.63) is 71.8 Å². The Bertz CT molecular complexity index is 1260. The number of hydrogen-bond acceptors (Lipinski definition) is 7. The molecule has 186 valence electrons. The number of nitrogens with zero attached hydrogens (tertiary/aromatic N) is 4. The third-order valence-corrected chi connectivity index (χ3v) is 6.40. The lowest BCUT2D eigenvalue weighted by Gasteiger charge is -2.35. The van der Waals surface area contributed by atoms with E-state index in [2.05, 4.69) is 14.9 Å². The van der Waals surface area contributed by atoms with Crippen LogP contribution in [0, 0.1) is 12.3 Å². The molecule has 0 aliphatic carbocycles. The normalized spacial score (nSPS) is 13.4. The molecule has 1 aliphatic rings. The van der Waals surface area contributed by atoms with Crippen LogP contribution in [-0.2, 0) is 16.0 Å². The Hall–Kier alpha value is -4.07. The second-order valence-electron chi connectivity index (χ2n) is 8.99. The fourth-order valence-corrected chi connectivity index (χ4v) is 4.41. The summed E-state index contributed by atoms with van der Waals surface area (Å²) in [6.45, 7) is 6.41. The first-order chi connectivity index (χ1) is 17.3. The Morgan fingerprint density at radius 2 is 1.81 bits per heavy atom. The Morgan fingerprint density at radius 3 is 2.44 bits per heavy atom. The first kappa shape index (κ1) is 25.0. The Balaban J connectivity index is 1.35. The molecule has 1 aliphatic heterocycles. The van der Waals surface area contributed by atoms with E-state index in [0.29, 0.717) is 24.5 Å². The van der Waals surface area contributed by atoms with Gasteiger partial charge in [-0.05, 0) is 48.4 Å². The smallest absolute Gasteiger partial charge is 0.219 e. The van der Waals surface area contributed by atoms with Gasteiger partial charge >= 0.3 is 0 Å². The van der Waals surface area contributed by atoms with Gasteiger partial charge in [0.1, 0.15) is 11.5 Å². The largest absolute Gasteiger partial charge is 0.496 e. The molecule has 3 aromatic rings. The van der Waals surface area contributed by atoms with E-state index in [9.17, 15) is 9.59 Å². The van der Waals surface area contributed by atoms with Gasteiger partial charge in [0.15, 0.2) is 0 Å². The molecule has 0 saturated carbocycles. The predicted octanol–water partition coefficient (Wildman–Crippen LogP) is 3.70. The van der Waals surface area contributed by atoms with Crippen LogP contribution < -0.4 is 9.64 Å². The molecule has 0 spiro atoms. The van der Waals surface area contributed by atoms with Crippen molar-refractivity contribution >= 4 is 23.1 Å². The molecule has 8 nitrogen and oxygen atoms in total. The van der Waals surface area contributed by atoms with E-state index < -0.39 is 0 Å². The van der Waals surface area contributed by atoms with Crippen LogP contribution >= 0.6 is 0 Å². The van der Waals surface area contributed by atoms with E-state index in [1.54, 1.807) is 32.5 Å². The van der Waals surface area contributed by atoms with E-state index >= 15 is 0 Å². The molecule has 8 heteroatoms. The summed E-state index contributed by atoms with van der Waals surface area (Å²) in [6, 6.07) is 13.4. The van der Waals surface area contributed by atoms with Crippen LogP contribution in [0.25, 0.3) is 11.1 Å². The predicted molar refractivity (Wildman–Crippen MR) is 140 cm³/mol. The van der Waals surface area contributed by atoms with Crippen molar-refractivity contribution < 1.29 is 14.3 Å². The fraction of sp³-hybridized carbons (Fsp3) is 0.321. The number of carbonyl (C=O) groups is 2. The number of amides is 1. The van der Waals surface area contributed by atoms with Crippen LogP contribution in [0.3, 0.4) is 0 Å². The molecule has 0 atom stereocenters. The number of Topliss-reactive ketones (excluding diaryl/α,β-unsaturated/α-hetero) is 1. The summed E-state index contributed by atoms with van der Waals surface area (Å²) >= 11 is 0. The van der Waals surface area contributed by atoms with Crippen LogP contribution in [-0.4, -0.2) is 65.6 Å².